The molecule has 1 N–H and O–H groups in total. The number of carbonyl (C=O) groups excluding carboxylic acids is 1. The number of benzene rings is 1. The van der Waals surface area contributed by atoms with Crippen LogP contribution in [0.2, 0.25) is 5.02 Å². The van der Waals surface area contributed by atoms with E-state index < -0.39 is 15.8 Å². The maximum Gasteiger partial charge on any atom is 0.223 e. The maximum absolute atomic E-state index is 13.9. The third-order valence-corrected chi connectivity index (χ3v) is 7.66. The number of carbonyl (C=O) groups is 1. The van der Waals surface area contributed by atoms with Crippen molar-refractivity contribution < 1.29 is 17.6 Å². The summed E-state index contributed by atoms with van der Waals surface area (Å²) in [7, 11) is -3.34. The Morgan fingerprint density at radius 2 is 2.08 bits per heavy atom. The van der Waals surface area contributed by atoms with Crippen molar-refractivity contribution in [3.8, 4) is 0 Å². The summed E-state index contributed by atoms with van der Waals surface area (Å²) >= 11 is 7.77. The molecule has 0 radical (unpaired) electrons. The number of rotatable bonds is 6. The molecule has 1 heterocycles. The molecule has 138 valence electrons. The normalized spacial score (nSPS) is 24.1. The molecule has 0 bridgehead atoms. The van der Waals surface area contributed by atoms with Crippen molar-refractivity contribution in [3.05, 3.63) is 34.6 Å². The number of halogens is 2. The summed E-state index contributed by atoms with van der Waals surface area (Å²) in [6, 6.07) is 4.47. The molecule has 0 aromatic heterocycles. The molecule has 1 amide bonds. The topological polar surface area (TPSA) is 66.5 Å². The lowest BCUT2D eigenvalue weighted by atomic mass is 10.1. The highest BCUT2D eigenvalue weighted by Gasteiger charge is 2.46. The van der Waals surface area contributed by atoms with Gasteiger partial charge in [0, 0.05) is 53.6 Å². The summed E-state index contributed by atoms with van der Waals surface area (Å²) in [5.74, 6) is 0.277. The predicted molar refractivity (Wildman–Crippen MR) is 98.0 cm³/mol. The second-order valence-corrected chi connectivity index (χ2v) is 9.92. The Hall–Kier alpha value is -0.830. The average molecular weight is 407 g/mol. The van der Waals surface area contributed by atoms with Crippen LogP contribution in [-0.4, -0.2) is 55.5 Å². The van der Waals surface area contributed by atoms with E-state index in [9.17, 15) is 17.6 Å². The van der Waals surface area contributed by atoms with Crippen LogP contribution in [0.5, 0.6) is 0 Å². The Balaban J connectivity index is 1.49. The summed E-state index contributed by atoms with van der Waals surface area (Å²) in [5.41, 5.74) is 0.378. The van der Waals surface area contributed by atoms with E-state index in [0.29, 0.717) is 30.1 Å². The van der Waals surface area contributed by atoms with Crippen LogP contribution < -0.4 is 5.32 Å². The van der Waals surface area contributed by atoms with Gasteiger partial charge >= 0.3 is 0 Å². The molecule has 1 aromatic carbocycles. The summed E-state index contributed by atoms with van der Waals surface area (Å²) in [4.78, 5) is 12.2. The number of thioether (sulfide) groups is 1. The summed E-state index contributed by atoms with van der Waals surface area (Å²) in [5, 5.41) is 2.99. The molecule has 1 aromatic rings. The first-order valence-corrected chi connectivity index (χ1v) is 11.3. The van der Waals surface area contributed by atoms with Crippen LogP contribution in [-0.2, 0) is 14.8 Å². The predicted octanol–water partition coefficient (Wildman–Crippen LogP) is 2.08. The zero-order valence-electron chi connectivity index (χ0n) is 13.6. The second kappa shape index (κ2) is 7.82. The SMILES string of the molecule is O=C(NCCS(=O)(=O)N1CCSCC1)C1CC1c1c(F)cccc1Cl. The van der Waals surface area contributed by atoms with Crippen LogP contribution in [0.4, 0.5) is 4.39 Å². The van der Waals surface area contributed by atoms with E-state index in [0.717, 1.165) is 11.5 Å². The van der Waals surface area contributed by atoms with E-state index in [2.05, 4.69) is 5.32 Å². The van der Waals surface area contributed by atoms with E-state index in [1.807, 2.05) is 0 Å². The number of hydrogen-bond acceptors (Lipinski definition) is 4. The Bertz CT molecular complexity index is 733. The van der Waals surface area contributed by atoms with Gasteiger partial charge in [-0.05, 0) is 18.6 Å². The average Bonchev–Trinajstić information content (AvgIpc) is 3.36. The maximum atomic E-state index is 13.9. The van der Waals surface area contributed by atoms with Gasteiger partial charge in [-0.2, -0.15) is 11.8 Å². The molecule has 2 unspecified atom stereocenters. The first kappa shape index (κ1) is 18.9. The molecule has 1 saturated heterocycles. The largest absolute Gasteiger partial charge is 0.355 e. The van der Waals surface area contributed by atoms with Gasteiger partial charge in [0.25, 0.3) is 0 Å². The number of nitrogens with one attached hydrogen (secondary N) is 1. The van der Waals surface area contributed by atoms with Crippen molar-refractivity contribution in [3.63, 3.8) is 0 Å². The van der Waals surface area contributed by atoms with Gasteiger partial charge in [0.05, 0.1) is 5.75 Å². The third-order valence-electron chi connectivity index (χ3n) is 4.52. The first-order chi connectivity index (χ1) is 11.9. The lowest BCUT2D eigenvalue weighted by molar-refractivity contribution is -0.122. The van der Waals surface area contributed by atoms with Crippen LogP contribution in [0.1, 0.15) is 17.9 Å². The molecular weight excluding hydrogens is 387 g/mol. The molecule has 3 rings (SSSR count). The van der Waals surface area contributed by atoms with E-state index >= 15 is 0 Å². The van der Waals surface area contributed by atoms with Crippen LogP contribution in [0.15, 0.2) is 18.2 Å². The van der Waals surface area contributed by atoms with Gasteiger partial charge in [0.15, 0.2) is 0 Å². The van der Waals surface area contributed by atoms with Gasteiger partial charge in [0.2, 0.25) is 15.9 Å². The third kappa shape index (κ3) is 4.48. The van der Waals surface area contributed by atoms with E-state index in [1.165, 1.54) is 16.4 Å². The van der Waals surface area contributed by atoms with Gasteiger partial charge in [-0.3, -0.25) is 4.79 Å². The minimum absolute atomic E-state index is 0.0685. The Kier molecular flexibility index (Phi) is 5.92. The van der Waals surface area contributed by atoms with E-state index in [1.54, 1.807) is 17.8 Å². The highest BCUT2D eigenvalue weighted by atomic mass is 35.5. The molecular formula is C16H20ClFN2O3S2. The van der Waals surface area contributed by atoms with Crippen LogP contribution in [0, 0.1) is 11.7 Å². The Labute approximate surface area is 156 Å². The van der Waals surface area contributed by atoms with Crippen molar-refractivity contribution >= 4 is 39.3 Å². The minimum atomic E-state index is -3.34. The number of sulfonamides is 1. The summed E-state index contributed by atoms with van der Waals surface area (Å²) in [6.07, 6.45) is 0.530. The van der Waals surface area contributed by atoms with Crippen molar-refractivity contribution in [1.29, 1.82) is 0 Å². The molecule has 5 nitrogen and oxygen atoms in total. The molecule has 25 heavy (non-hydrogen) atoms. The van der Waals surface area contributed by atoms with E-state index in [-0.39, 0.29) is 30.0 Å². The fourth-order valence-electron chi connectivity index (χ4n) is 3.06. The second-order valence-electron chi connectivity index (χ2n) is 6.20. The monoisotopic (exact) mass is 406 g/mol. The van der Waals surface area contributed by atoms with Crippen molar-refractivity contribution in [1.82, 2.24) is 9.62 Å². The summed E-state index contributed by atoms with van der Waals surface area (Å²) < 4.78 is 39.8. The van der Waals surface area contributed by atoms with E-state index in [4.69, 9.17) is 11.6 Å². The molecule has 1 aliphatic carbocycles. The highest BCUT2D eigenvalue weighted by Crippen LogP contribution is 2.50. The fourth-order valence-corrected chi connectivity index (χ4v) is 5.85. The minimum Gasteiger partial charge on any atom is -0.355 e. The lowest BCUT2D eigenvalue weighted by Crippen LogP contribution is -2.42. The molecule has 2 aliphatic rings. The number of amides is 1. The van der Waals surface area contributed by atoms with Crippen molar-refractivity contribution in [2.24, 2.45) is 5.92 Å². The van der Waals surface area contributed by atoms with Crippen molar-refractivity contribution in [2.75, 3.05) is 36.9 Å². The molecule has 1 saturated carbocycles. The van der Waals surface area contributed by atoms with Gasteiger partial charge in [-0.25, -0.2) is 17.1 Å². The van der Waals surface area contributed by atoms with Gasteiger partial charge in [-0.15, -0.1) is 0 Å². The van der Waals surface area contributed by atoms with Crippen LogP contribution in [0.25, 0.3) is 0 Å². The van der Waals surface area contributed by atoms with Crippen LogP contribution >= 0.6 is 23.4 Å². The molecule has 2 atom stereocenters. The fraction of sp³-hybridized carbons (Fsp3) is 0.562. The quantitative estimate of drug-likeness (QED) is 0.785. The molecule has 9 heteroatoms. The number of nitrogens with zero attached hydrogens (tertiary/aromatic N) is 1. The van der Waals surface area contributed by atoms with Gasteiger partial charge < -0.3 is 5.32 Å². The van der Waals surface area contributed by atoms with Crippen molar-refractivity contribution in [2.45, 2.75) is 12.3 Å². The Morgan fingerprint density at radius 3 is 2.76 bits per heavy atom. The molecule has 1 aliphatic heterocycles. The first-order valence-electron chi connectivity index (χ1n) is 8.17. The Morgan fingerprint density at radius 1 is 1.36 bits per heavy atom. The lowest BCUT2D eigenvalue weighted by Gasteiger charge is -2.25. The van der Waals surface area contributed by atoms with Crippen LogP contribution in [0.3, 0.4) is 0 Å². The summed E-state index contributed by atoms with van der Waals surface area (Å²) in [6.45, 7) is 1.12. The van der Waals surface area contributed by atoms with Gasteiger partial charge in [0.1, 0.15) is 5.82 Å². The highest BCUT2D eigenvalue weighted by molar-refractivity contribution is 7.99. The van der Waals surface area contributed by atoms with Gasteiger partial charge in [-0.1, -0.05) is 17.7 Å². The zero-order chi connectivity index (χ0) is 18.0. The zero-order valence-corrected chi connectivity index (χ0v) is 16.0. The smallest absolute Gasteiger partial charge is 0.223 e. The number of hydrogen-bond donors (Lipinski definition) is 1. The molecule has 2 fully saturated rings. The standard InChI is InChI=1S/C16H20ClFN2O3S2/c17-13-2-1-3-14(18)15(13)11-10-12(11)16(21)19-4-9-25(22,23)20-5-7-24-8-6-20/h1-3,11-12H,4-10H2,(H,19,21). The molecule has 0 spiro atoms.